The zero-order valence-electron chi connectivity index (χ0n) is 17.8. The number of hydrogen-bond acceptors (Lipinski definition) is 5. The number of fused-ring (bicyclic) bond motifs is 2. The van der Waals surface area contributed by atoms with Gasteiger partial charge >= 0.3 is 5.97 Å². The maximum absolute atomic E-state index is 12.8. The number of phenols is 1. The molecule has 0 unspecified atom stereocenters. The van der Waals surface area contributed by atoms with Gasteiger partial charge in [0.2, 0.25) is 0 Å². The molecule has 0 spiro atoms. The number of halogens is 2. The summed E-state index contributed by atoms with van der Waals surface area (Å²) < 4.78 is 0. The second kappa shape index (κ2) is 8.28. The van der Waals surface area contributed by atoms with Crippen LogP contribution >= 0.6 is 23.2 Å². The lowest BCUT2D eigenvalue weighted by Crippen LogP contribution is -2.32. The summed E-state index contributed by atoms with van der Waals surface area (Å²) >= 11 is 12.4. The Kier molecular flexibility index (Phi) is 5.76. The Morgan fingerprint density at radius 1 is 1.06 bits per heavy atom. The Hall–Kier alpha value is -3.22. The van der Waals surface area contributed by atoms with E-state index in [0.717, 1.165) is 0 Å². The van der Waals surface area contributed by atoms with Crippen molar-refractivity contribution in [2.45, 2.75) is 32.1 Å². The summed E-state index contributed by atoms with van der Waals surface area (Å²) in [6, 6.07) is 7.22. The van der Waals surface area contributed by atoms with E-state index in [4.69, 9.17) is 28.3 Å². The Morgan fingerprint density at radius 2 is 1.70 bits per heavy atom. The predicted octanol–water partition coefficient (Wildman–Crippen LogP) is 5.86. The predicted molar refractivity (Wildman–Crippen MR) is 126 cm³/mol. The molecule has 4 rings (SSSR count). The Balaban J connectivity index is 1.61. The Labute approximate surface area is 199 Å². The Morgan fingerprint density at radius 3 is 2.33 bits per heavy atom. The number of carbonyl (C=O) groups excluding carboxylic acids is 2. The van der Waals surface area contributed by atoms with Gasteiger partial charge in [-0.05, 0) is 42.3 Å². The number of hydrogen-bond donors (Lipinski definition) is 2. The maximum Gasteiger partial charge on any atom is 0.335 e. The first-order valence-corrected chi connectivity index (χ1v) is 10.9. The van der Waals surface area contributed by atoms with Crippen molar-refractivity contribution in [3.05, 3.63) is 80.4 Å². The van der Waals surface area contributed by atoms with E-state index in [1.807, 2.05) is 13.8 Å². The van der Waals surface area contributed by atoms with Gasteiger partial charge < -0.3 is 10.2 Å². The Bertz CT molecular complexity index is 1320. The van der Waals surface area contributed by atoms with Gasteiger partial charge in [0.15, 0.2) is 17.3 Å². The van der Waals surface area contributed by atoms with Gasteiger partial charge in [-0.15, -0.1) is 0 Å². The van der Waals surface area contributed by atoms with Crippen LogP contribution in [-0.4, -0.2) is 33.5 Å². The number of carboxylic acids is 1. The average Bonchev–Trinajstić information content (AvgIpc) is 2.76. The van der Waals surface area contributed by atoms with Gasteiger partial charge in [0.05, 0.1) is 27.0 Å². The molecule has 2 aromatic carbocycles. The fourth-order valence-corrected chi connectivity index (χ4v) is 4.82. The molecular formula is C25H19Cl2NO5. The number of nitrogens with zero attached hydrogens (tertiary/aromatic N) is 1. The minimum Gasteiger partial charge on any atom is -0.505 e. The van der Waals surface area contributed by atoms with Crippen LogP contribution in [0.15, 0.2) is 58.6 Å². The van der Waals surface area contributed by atoms with Crippen molar-refractivity contribution in [3.8, 4) is 5.75 Å². The number of allylic oxidation sites excluding steroid dienone is 4. The second-order valence-electron chi connectivity index (χ2n) is 8.43. The van der Waals surface area contributed by atoms with Crippen LogP contribution in [0.25, 0.3) is 0 Å². The summed E-state index contributed by atoms with van der Waals surface area (Å²) in [6.45, 7) is 3.78. The molecule has 0 bridgehead atoms. The molecular weight excluding hydrogens is 465 g/mol. The van der Waals surface area contributed by atoms with Gasteiger partial charge in [0, 0.05) is 28.5 Å². The van der Waals surface area contributed by atoms with Crippen LogP contribution in [0.1, 0.15) is 53.0 Å². The molecule has 0 radical (unpaired) electrons. The lowest BCUT2D eigenvalue weighted by Gasteiger charge is -2.36. The van der Waals surface area contributed by atoms with Gasteiger partial charge in [0.1, 0.15) is 0 Å². The highest BCUT2D eigenvalue weighted by Crippen LogP contribution is 2.51. The number of aromatic hydroxyl groups is 1. The first-order valence-electron chi connectivity index (χ1n) is 10.1. The summed E-state index contributed by atoms with van der Waals surface area (Å²) in [6.07, 6.45) is 3.49. The smallest absolute Gasteiger partial charge is 0.335 e. The van der Waals surface area contributed by atoms with E-state index >= 15 is 0 Å². The number of aromatic carboxylic acids is 1. The summed E-state index contributed by atoms with van der Waals surface area (Å²) in [5.41, 5.74) is 2.58. The van der Waals surface area contributed by atoms with Crippen LogP contribution in [0, 0.1) is 0 Å². The third-order valence-electron chi connectivity index (χ3n) is 5.97. The molecule has 8 heteroatoms. The van der Waals surface area contributed by atoms with Crippen LogP contribution in [-0.2, 0) is 10.2 Å². The molecule has 2 aromatic rings. The minimum absolute atomic E-state index is 0.0851. The average molecular weight is 484 g/mol. The van der Waals surface area contributed by atoms with Crippen molar-refractivity contribution in [3.63, 3.8) is 0 Å². The fourth-order valence-electron chi connectivity index (χ4n) is 4.13. The molecule has 1 aliphatic heterocycles. The maximum atomic E-state index is 12.8. The standard InChI is InChI=1S/C25H19Cl2NO5/c1-25(2)15-10-20(30)14(7-8-19(29)12-3-5-13(6-4-12)24(32)33)9-17(15)28-18-11-16(26)23(31)22(27)21(18)25/h3-6,9-11,31H,7-8H2,1-2H3,(H,32,33). The van der Waals surface area contributed by atoms with Gasteiger partial charge in [0.25, 0.3) is 0 Å². The largest absolute Gasteiger partial charge is 0.505 e. The van der Waals surface area contributed by atoms with E-state index < -0.39 is 11.4 Å². The van der Waals surface area contributed by atoms with Crippen molar-refractivity contribution in [2.24, 2.45) is 4.99 Å². The lowest BCUT2D eigenvalue weighted by molar-refractivity contribution is -0.111. The molecule has 0 amide bonds. The van der Waals surface area contributed by atoms with Crippen molar-refractivity contribution in [1.82, 2.24) is 0 Å². The number of aliphatic imine (C=N–C) groups is 1. The molecule has 168 valence electrons. The molecule has 0 saturated carbocycles. The van der Waals surface area contributed by atoms with Crippen LogP contribution in [0.5, 0.6) is 5.75 Å². The highest BCUT2D eigenvalue weighted by atomic mass is 35.5. The zero-order valence-corrected chi connectivity index (χ0v) is 19.3. The number of phenolic OH excluding ortho intramolecular Hbond substituents is 1. The number of Topliss-reactive ketones (excluding diaryl/α,β-unsaturated/α-hetero) is 1. The van der Waals surface area contributed by atoms with E-state index in [0.29, 0.717) is 33.7 Å². The van der Waals surface area contributed by atoms with Crippen LogP contribution in [0.2, 0.25) is 10.0 Å². The van der Waals surface area contributed by atoms with Crippen LogP contribution in [0.4, 0.5) is 5.69 Å². The second-order valence-corrected chi connectivity index (χ2v) is 9.22. The van der Waals surface area contributed by atoms with Crippen molar-refractivity contribution >= 4 is 52.1 Å². The van der Waals surface area contributed by atoms with Gasteiger partial charge in [-0.25, -0.2) is 9.79 Å². The normalized spacial score (nSPS) is 16.2. The third kappa shape index (κ3) is 4.01. The number of carbonyl (C=O) groups is 3. The molecule has 0 saturated heterocycles. The quantitative estimate of drug-likeness (QED) is 0.409. The lowest BCUT2D eigenvalue weighted by atomic mass is 9.70. The van der Waals surface area contributed by atoms with Gasteiger partial charge in [-0.2, -0.15) is 0 Å². The molecule has 2 aliphatic rings. The molecule has 2 N–H and O–H groups in total. The van der Waals surface area contributed by atoms with Crippen LogP contribution in [0.3, 0.4) is 0 Å². The molecule has 33 heavy (non-hydrogen) atoms. The molecule has 1 aliphatic carbocycles. The van der Waals surface area contributed by atoms with E-state index in [2.05, 4.69) is 4.99 Å². The summed E-state index contributed by atoms with van der Waals surface area (Å²) in [4.78, 5) is 41.0. The van der Waals surface area contributed by atoms with E-state index in [-0.39, 0.29) is 45.8 Å². The first-order chi connectivity index (χ1) is 15.5. The number of rotatable bonds is 5. The number of ketones is 2. The molecule has 1 heterocycles. The molecule has 6 nitrogen and oxygen atoms in total. The fraction of sp³-hybridized carbons (Fsp3) is 0.200. The number of benzene rings is 2. The topological polar surface area (TPSA) is 104 Å². The van der Waals surface area contributed by atoms with Gasteiger partial charge in [-0.3, -0.25) is 9.59 Å². The zero-order chi connectivity index (χ0) is 24.1. The van der Waals surface area contributed by atoms with Crippen molar-refractivity contribution in [2.75, 3.05) is 0 Å². The molecule has 0 atom stereocenters. The SMILES string of the molecule is CC1(C)C2=CC(=O)C(CCC(=O)c3ccc(C(=O)O)cc3)=CC2=Nc2cc(Cl)c(O)c(Cl)c21. The summed E-state index contributed by atoms with van der Waals surface area (Å²) in [5.74, 6) is -1.70. The van der Waals surface area contributed by atoms with Crippen LogP contribution < -0.4 is 0 Å². The van der Waals surface area contributed by atoms with E-state index in [1.165, 1.54) is 36.4 Å². The molecule has 0 fully saturated rings. The van der Waals surface area contributed by atoms with Crippen molar-refractivity contribution < 1.29 is 24.6 Å². The third-order valence-corrected chi connectivity index (χ3v) is 6.62. The van der Waals surface area contributed by atoms with Gasteiger partial charge in [-0.1, -0.05) is 49.2 Å². The summed E-state index contributed by atoms with van der Waals surface area (Å²) in [7, 11) is 0. The highest BCUT2D eigenvalue weighted by molar-refractivity contribution is 6.38. The highest BCUT2D eigenvalue weighted by Gasteiger charge is 2.39. The molecule has 0 aromatic heterocycles. The monoisotopic (exact) mass is 483 g/mol. The number of carboxylic acid groups (broad SMARTS) is 1. The van der Waals surface area contributed by atoms with E-state index in [9.17, 15) is 19.5 Å². The van der Waals surface area contributed by atoms with Crippen molar-refractivity contribution in [1.29, 1.82) is 0 Å². The first kappa shape index (κ1) is 23.0. The minimum atomic E-state index is -1.06. The van der Waals surface area contributed by atoms with E-state index in [1.54, 1.807) is 6.08 Å². The summed E-state index contributed by atoms with van der Waals surface area (Å²) in [5, 5.41) is 19.3.